The summed E-state index contributed by atoms with van der Waals surface area (Å²) in [6.07, 6.45) is 1.51. The second-order valence-electron chi connectivity index (χ2n) is 5.36. The van der Waals surface area contributed by atoms with Gasteiger partial charge in [0.05, 0.1) is 11.5 Å². The average Bonchev–Trinajstić information content (AvgIpc) is 3.27. The van der Waals surface area contributed by atoms with Gasteiger partial charge in [0, 0.05) is 18.3 Å². The predicted octanol–water partition coefficient (Wildman–Crippen LogP) is 3.41. The first-order chi connectivity index (χ1) is 12.5. The van der Waals surface area contributed by atoms with E-state index in [4.69, 9.17) is 8.83 Å². The van der Waals surface area contributed by atoms with Crippen molar-refractivity contribution in [1.29, 1.82) is 0 Å². The van der Waals surface area contributed by atoms with Gasteiger partial charge >= 0.3 is 0 Å². The molecule has 2 aromatic heterocycles. The van der Waals surface area contributed by atoms with Gasteiger partial charge in [-0.25, -0.2) is 0 Å². The van der Waals surface area contributed by atoms with Gasteiger partial charge in [-0.1, -0.05) is 11.8 Å². The molecular formula is C17H16N4O4S. The molecule has 8 nitrogen and oxygen atoms in total. The van der Waals surface area contributed by atoms with Crippen LogP contribution in [0.25, 0.3) is 11.7 Å². The van der Waals surface area contributed by atoms with Gasteiger partial charge in [0.15, 0.2) is 5.76 Å². The van der Waals surface area contributed by atoms with Gasteiger partial charge in [-0.05, 0) is 43.3 Å². The molecule has 2 amide bonds. The molecule has 0 radical (unpaired) electrons. The Hall–Kier alpha value is -3.07. The number of amides is 2. The summed E-state index contributed by atoms with van der Waals surface area (Å²) >= 11 is 1.15. The lowest BCUT2D eigenvalue weighted by Gasteiger charge is -2.10. The number of carbonyl (C=O) groups excluding carboxylic acids is 2. The summed E-state index contributed by atoms with van der Waals surface area (Å²) in [5, 5.41) is 13.1. The maximum atomic E-state index is 12.3. The third-order valence-corrected chi connectivity index (χ3v) is 4.19. The number of nitrogens with zero attached hydrogens (tertiary/aromatic N) is 2. The number of benzene rings is 1. The lowest BCUT2D eigenvalue weighted by molar-refractivity contribution is -0.115. The fraction of sp³-hybridized carbons (Fsp3) is 0.176. The highest BCUT2D eigenvalue weighted by atomic mass is 32.2. The Kier molecular flexibility index (Phi) is 5.37. The maximum Gasteiger partial charge on any atom is 0.284 e. The van der Waals surface area contributed by atoms with E-state index in [0.717, 1.165) is 11.8 Å². The molecule has 3 rings (SSSR count). The van der Waals surface area contributed by atoms with E-state index >= 15 is 0 Å². The smallest absolute Gasteiger partial charge is 0.284 e. The molecule has 0 spiro atoms. The van der Waals surface area contributed by atoms with E-state index in [1.807, 2.05) is 0 Å². The Balaban J connectivity index is 1.57. The molecule has 0 aliphatic heterocycles. The largest absolute Gasteiger partial charge is 0.459 e. The van der Waals surface area contributed by atoms with Gasteiger partial charge < -0.3 is 19.5 Å². The Morgan fingerprint density at radius 3 is 2.38 bits per heavy atom. The lowest BCUT2D eigenvalue weighted by Crippen LogP contribution is -2.22. The zero-order valence-corrected chi connectivity index (χ0v) is 14.9. The molecule has 0 aliphatic rings. The van der Waals surface area contributed by atoms with Gasteiger partial charge in [0.25, 0.3) is 11.1 Å². The summed E-state index contributed by atoms with van der Waals surface area (Å²) in [5.41, 5.74) is 1.28. The molecule has 1 atom stereocenters. The van der Waals surface area contributed by atoms with Crippen LogP contribution < -0.4 is 10.6 Å². The number of hydrogen-bond donors (Lipinski definition) is 2. The van der Waals surface area contributed by atoms with Crippen molar-refractivity contribution in [1.82, 2.24) is 10.2 Å². The van der Waals surface area contributed by atoms with Gasteiger partial charge in [-0.15, -0.1) is 10.2 Å². The summed E-state index contributed by atoms with van der Waals surface area (Å²) in [7, 11) is 0. The molecule has 26 heavy (non-hydrogen) atoms. The van der Waals surface area contributed by atoms with Crippen molar-refractivity contribution in [2.75, 3.05) is 10.6 Å². The molecule has 1 aromatic carbocycles. The topological polar surface area (TPSA) is 110 Å². The summed E-state index contributed by atoms with van der Waals surface area (Å²) in [6.45, 7) is 3.17. The van der Waals surface area contributed by atoms with E-state index in [-0.39, 0.29) is 22.9 Å². The minimum atomic E-state index is -0.449. The van der Waals surface area contributed by atoms with Crippen LogP contribution in [0.1, 0.15) is 13.8 Å². The van der Waals surface area contributed by atoms with E-state index in [0.29, 0.717) is 17.1 Å². The highest BCUT2D eigenvalue weighted by Gasteiger charge is 2.19. The van der Waals surface area contributed by atoms with Gasteiger partial charge in [-0.3, -0.25) is 9.59 Å². The van der Waals surface area contributed by atoms with Crippen molar-refractivity contribution in [3.63, 3.8) is 0 Å². The van der Waals surface area contributed by atoms with E-state index in [2.05, 4.69) is 20.8 Å². The minimum Gasteiger partial charge on any atom is -0.459 e. The predicted molar refractivity (Wildman–Crippen MR) is 96.7 cm³/mol. The highest BCUT2D eigenvalue weighted by molar-refractivity contribution is 8.00. The summed E-state index contributed by atoms with van der Waals surface area (Å²) < 4.78 is 10.7. The summed E-state index contributed by atoms with van der Waals surface area (Å²) in [6, 6.07) is 10.3. The lowest BCUT2D eigenvalue weighted by atomic mass is 10.2. The van der Waals surface area contributed by atoms with Crippen LogP contribution in [0.4, 0.5) is 11.4 Å². The van der Waals surface area contributed by atoms with Crippen molar-refractivity contribution in [2.45, 2.75) is 24.3 Å². The van der Waals surface area contributed by atoms with Gasteiger partial charge in [-0.2, -0.15) is 0 Å². The Bertz CT molecular complexity index is 890. The second kappa shape index (κ2) is 7.87. The number of rotatable bonds is 6. The van der Waals surface area contributed by atoms with Crippen LogP contribution in [0, 0.1) is 0 Å². The first-order valence-electron chi connectivity index (χ1n) is 7.74. The average molecular weight is 372 g/mol. The maximum absolute atomic E-state index is 12.3. The molecule has 0 fully saturated rings. The van der Waals surface area contributed by atoms with Crippen LogP contribution in [0.15, 0.2) is 56.7 Å². The fourth-order valence-electron chi connectivity index (χ4n) is 2.05. The van der Waals surface area contributed by atoms with Gasteiger partial charge in [0.1, 0.15) is 0 Å². The number of nitrogens with one attached hydrogen (secondary N) is 2. The number of hydrogen-bond acceptors (Lipinski definition) is 7. The molecule has 134 valence electrons. The number of carbonyl (C=O) groups is 2. The van der Waals surface area contributed by atoms with E-state index in [1.54, 1.807) is 43.3 Å². The molecule has 3 aromatic rings. The van der Waals surface area contributed by atoms with Crippen LogP contribution in [-0.4, -0.2) is 27.3 Å². The number of anilines is 2. The molecule has 0 aliphatic carbocycles. The minimum absolute atomic E-state index is 0.153. The Morgan fingerprint density at radius 2 is 1.77 bits per heavy atom. The summed E-state index contributed by atoms with van der Waals surface area (Å²) in [5.74, 6) is 0.375. The van der Waals surface area contributed by atoms with Crippen molar-refractivity contribution in [3.05, 3.63) is 42.7 Å². The van der Waals surface area contributed by atoms with Crippen molar-refractivity contribution < 1.29 is 18.4 Å². The monoisotopic (exact) mass is 372 g/mol. The quantitative estimate of drug-likeness (QED) is 0.638. The molecular weight excluding hydrogens is 356 g/mol. The zero-order valence-electron chi connectivity index (χ0n) is 14.1. The first-order valence-corrected chi connectivity index (χ1v) is 8.62. The van der Waals surface area contributed by atoms with Crippen LogP contribution in [0.2, 0.25) is 0 Å². The third-order valence-electron chi connectivity index (χ3n) is 3.26. The van der Waals surface area contributed by atoms with Crippen molar-refractivity contribution in [2.24, 2.45) is 0 Å². The zero-order chi connectivity index (χ0) is 18.5. The first kappa shape index (κ1) is 17.7. The Labute approximate surface area is 153 Å². The normalized spacial score (nSPS) is 11.8. The van der Waals surface area contributed by atoms with E-state index in [1.165, 1.54) is 13.2 Å². The highest BCUT2D eigenvalue weighted by Crippen LogP contribution is 2.27. The molecule has 2 N–H and O–H groups in total. The van der Waals surface area contributed by atoms with E-state index in [9.17, 15) is 9.59 Å². The van der Waals surface area contributed by atoms with Crippen molar-refractivity contribution in [3.8, 4) is 11.7 Å². The number of furan rings is 1. The summed E-state index contributed by atoms with van der Waals surface area (Å²) in [4.78, 5) is 23.3. The van der Waals surface area contributed by atoms with Crippen LogP contribution in [0.3, 0.4) is 0 Å². The molecule has 0 saturated heterocycles. The molecule has 0 bridgehead atoms. The Morgan fingerprint density at radius 1 is 1.08 bits per heavy atom. The SMILES string of the molecule is CC(=O)Nc1ccc(NC(=O)[C@H](C)Sc2nnc(-c3ccco3)o2)cc1. The van der Waals surface area contributed by atoms with Crippen molar-refractivity contribution >= 4 is 35.0 Å². The molecule has 0 saturated carbocycles. The second-order valence-corrected chi connectivity index (χ2v) is 6.65. The standard InChI is InChI=1S/C17H16N4O4S/c1-10(26-17-21-20-16(25-17)14-4-3-9-24-14)15(23)19-13-7-5-12(6-8-13)18-11(2)22/h3-10H,1-2H3,(H,18,22)(H,19,23)/t10-/m0/s1. The fourth-order valence-corrected chi connectivity index (χ4v) is 2.73. The third kappa shape index (κ3) is 4.51. The molecule has 9 heteroatoms. The van der Waals surface area contributed by atoms with Crippen LogP contribution >= 0.6 is 11.8 Å². The molecule has 2 heterocycles. The van der Waals surface area contributed by atoms with Crippen LogP contribution in [0.5, 0.6) is 0 Å². The van der Waals surface area contributed by atoms with E-state index < -0.39 is 5.25 Å². The van der Waals surface area contributed by atoms with Crippen LogP contribution in [-0.2, 0) is 9.59 Å². The van der Waals surface area contributed by atoms with Gasteiger partial charge in [0.2, 0.25) is 11.8 Å². The number of aromatic nitrogens is 2. The molecule has 0 unspecified atom stereocenters. The number of thioether (sulfide) groups is 1.